The molecule has 1 aliphatic heterocycles. The highest BCUT2D eigenvalue weighted by Gasteiger charge is 2.23. The number of nitrogens with zero attached hydrogens (tertiary/aromatic N) is 2. The number of carbonyl (C=O) groups is 1. The van der Waals surface area contributed by atoms with Gasteiger partial charge >= 0.3 is 0 Å². The van der Waals surface area contributed by atoms with Gasteiger partial charge < -0.3 is 20.6 Å². The Kier molecular flexibility index (Phi) is 10.4. The van der Waals surface area contributed by atoms with Crippen molar-refractivity contribution < 1.29 is 9.90 Å². The summed E-state index contributed by atoms with van der Waals surface area (Å²) in [4.78, 5) is 19.1. The molecule has 0 radical (unpaired) electrons. The van der Waals surface area contributed by atoms with E-state index in [2.05, 4.69) is 33.8 Å². The summed E-state index contributed by atoms with van der Waals surface area (Å²) in [6.45, 7) is 6.90. The Morgan fingerprint density at radius 2 is 1.78 bits per heavy atom. The highest BCUT2D eigenvalue weighted by molar-refractivity contribution is 14.0. The van der Waals surface area contributed by atoms with E-state index in [9.17, 15) is 9.90 Å². The summed E-state index contributed by atoms with van der Waals surface area (Å²) in [6, 6.07) is 17.9. The van der Waals surface area contributed by atoms with Crippen molar-refractivity contribution in [3.63, 3.8) is 0 Å². The third-order valence-electron chi connectivity index (χ3n) is 5.63. The minimum absolute atomic E-state index is 0. The van der Waals surface area contributed by atoms with Gasteiger partial charge in [-0.1, -0.05) is 54.6 Å². The minimum Gasteiger partial charge on any atom is -0.384 e. The third-order valence-corrected chi connectivity index (χ3v) is 5.63. The molecule has 0 spiro atoms. The molecule has 0 aliphatic carbocycles. The first-order chi connectivity index (χ1) is 15.0. The third kappa shape index (κ3) is 7.48. The molecule has 3 N–H and O–H groups in total. The van der Waals surface area contributed by atoms with E-state index >= 15 is 0 Å². The molecule has 3 rings (SSSR count). The summed E-state index contributed by atoms with van der Waals surface area (Å²) in [5.41, 5.74) is 2.41. The number of guanidine groups is 1. The zero-order valence-electron chi connectivity index (χ0n) is 19.0. The van der Waals surface area contributed by atoms with Crippen LogP contribution in [0.25, 0.3) is 0 Å². The molecule has 0 fully saturated rings. The Morgan fingerprint density at radius 3 is 2.50 bits per heavy atom. The van der Waals surface area contributed by atoms with E-state index in [1.54, 1.807) is 6.92 Å². The maximum atomic E-state index is 12.6. The van der Waals surface area contributed by atoms with Gasteiger partial charge in [0.25, 0.3) is 0 Å². The van der Waals surface area contributed by atoms with Crippen molar-refractivity contribution in [2.75, 3.05) is 26.2 Å². The lowest BCUT2D eigenvalue weighted by Gasteiger charge is -2.29. The molecule has 0 bridgehead atoms. The molecule has 1 amide bonds. The second-order valence-corrected chi connectivity index (χ2v) is 8.20. The number of hydrogen-bond acceptors (Lipinski definition) is 3. The molecule has 0 saturated carbocycles. The number of rotatable bonds is 8. The number of aliphatic imine (C=N–C) groups is 1. The predicted molar refractivity (Wildman–Crippen MR) is 140 cm³/mol. The van der Waals surface area contributed by atoms with Crippen LogP contribution in [0.2, 0.25) is 0 Å². The van der Waals surface area contributed by atoms with Gasteiger partial charge in [0.1, 0.15) is 5.60 Å². The standard InChI is InChI=1S/C25H34N4O2.HI/c1-3-26-24(28-19-25(2,31)22-12-5-4-6-13-22)27-16-9-14-23(30)29-17-15-20-10-7-8-11-21(20)18-29;/h4-8,10-13,31H,3,9,14-19H2,1-2H3,(H2,26,27,28);1H. The first-order valence-corrected chi connectivity index (χ1v) is 11.1. The van der Waals surface area contributed by atoms with Crippen LogP contribution in [0.15, 0.2) is 59.6 Å². The molecule has 2 aromatic carbocycles. The van der Waals surface area contributed by atoms with Crippen molar-refractivity contribution in [2.45, 2.75) is 45.3 Å². The molecular formula is C25H35IN4O2. The molecule has 1 unspecified atom stereocenters. The highest BCUT2D eigenvalue weighted by Crippen LogP contribution is 2.20. The van der Waals surface area contributed by atoms with E-state index in [0.717, 1.165) is 31.5 Å². The van der Waals surface area contributed by atoms with Gasteiger partial charge in [0.2, 0.25) is 5.91 Å². The minimum atomic E-state index is -1.04. The normalized spacial score (nSPS) is 15.2. The summed E-state index contributed by atoms with van der Waals surface area (Å²) in [5.74, 6) is 0.850. The Balaban J connectivity index is 0.00000363. The molecule has 1 atom stereocenters. The molecule has 2 aromatic rings. The van der Waals surface area contributed by atoms with Gasteiger partial charge in [-0.2, -0.15) is 0 Å². The van der Waals surface area contributed by atoms with E-state index in [-0.39, 0.29) is 36.4 Å². The van der Waals surface area contributed by atoms with Crippen LogP contribution in [0.3, 0.4) is 0 Å². The summed E-state index contributed by atoms with van der Waals surface area (Å²) in [5, 5.41) is 17.2. The van der Waals surface area contributed by atoms with Crippen LogP contribution in [-0.4, -0.2) is 48.1 Å². The SMILES string of the molecule is CCNC(=NCC(C)(O)c1ccccc1)NCCCC(=O)N1CCc2ccccc2C1.I. The van der Waals surface area contributed by atoms with Crippen molar-refractivity contribution >= 4 is 35.8 Å². The maximum absolute atomic E-state index is 12.6. The van der Waals surface area contributed by atoms with Gasteiger partial charge in [-0.15, -0.1) is 24.0 Å². The number of halogens is 1. The van der Waals surface area contributed by atoms with E-state index in [0.29, 0.717) is 25.5 Å². The molecule has 7 heteroatoms. The average Bonchev–Trinajstić information content (AvgIpc) is 2.80. The fourth-order valence-electron chi connectivity index (χ4n) is 3.78. The average molecular weight is 550 g/mol. The van der Waals surface area contributed by atoms with Crippen LogP contribution in [-0.2, 0) is 23.4 Å². The van der Waals surface area contributed by atoms with Crippen LogP contribution < -0.4 is 10.6 Å². The lowest BCUT2D eigenvalue weighted by Crippen LogP contribution is -2.40. The van der Waals surface area contributed by atoms with Gasteiger partial charge in [0, 0.05) is 32.6 Å². The largest absolute Gasteiger partial charge is 0.384 e. The molecule has 0 saturated heterocycles. The smallest absolute Gasteiger partial charge is 0.222 e. The molecular weight excluding hydrogens is 515 g/mol. The fourth-order valence-corrected chi connectivity index (χ4v) is 3.78. The van der Waals surface area contributed by atoms with Gasteiger partial charge in [0.05, 0.1) is 6.54 Å². The molecule has 32 heavy (non-hydrogen) atoms. The van der Waals surface area contributed by atoms with Crippen LogP contribution in [0.1, 0.15) is 43.4 Å². The van der Waals surface area contributed by atoms with E-state index in [4.69, 9.17) is 0 Å². The quantitative estimate of drug-likeness (QED) is 0.204. The Morgan fingerprint density at radius 1 is 1.09 bits per heavy atom. The van der Waals surface area contributed by atoms with Crippen LogP contribution >= 0.6 is 24.0 Å². The Bertz CT molecular complexity index is 887. The number of fused-ring (bicyclic) bond motifs is 1. The van der Waals surface area contributed by atoms with Crippen molar-refractivity contribution in [3.05, 3.63) is 71.3 Å². The Hall–Kier alpha value is -2.13. The summed E-state index contributed by atoms with van der Waals surface area (Å²) in [7, 11) is 0. The van der Waals surface area contributed by atoms with Crippen molar-refractivity contribution in [2.24, 2.45) is 4.99 Å². The van der Waals surface area contributed by atoms with Crippen molar-refractivity contribution in [1.82, 2.24) is 15.5 Å². The lowest BCUT2D eigenvalue weighted by atomic mass is 9.96. The summed E-state index contributed by atoms with van der Waals surface area (Å²) >= 11 is 0. The van der Waals surface area contributed by atoms with Gasteiger partial charge in [-0.05, 0) is 43.4 Å². The molecule has 174 valence electrons. The molecule has 1 aliphatic rings. The van der Waals surface area contributed by atoms with Crippen LogP contribution in [0.5, 0.6) is 0 Å². The number of aliphatic hydroxyl groups is 1. The van der Waals surface area contributed by atoms with Gasteiger partial charge in [-0.3, -0.25) is 4.79 Å². The molecule has 6 nitrogen and oxygen atoms in total. The number of amides is 1. The summed E-state index contributed by atoms with van der Waals surface area (Å²) in [6.07, 6.45) is 2.17. The first kappa shape index (κ1) is 26.1. The topological polar surface area (TPSA) is 77.0 Å². The van der Waals surface area contributed by atoms with Crippen molar-refractivity contribution in [1.29, 1.82) is 0 Å². The first-order valence-electron chi connectivity index (χ1n) is 11.1. The fraction of sp³-hybridized carbons (Fsp3) is 0.440. The zero-order valence-corrected chi connectivity index (χ0v) is 21.3. The predicted octanol–water partition coefficient (Wildman–Crippen LogP) is 3.43. The summed E-state index contributed by atoms with van der Waals surface area (Å²) < 4.78 is 0. The number of carbonyl (C=O) groups excluding carboxylic acids is 1. The number of hydrogen-bond donors (Lipinski definition) is 3. The number of benzene rings is 2. The van der Waals surface area contributed by atoms with E-state index in [1.165, 1.54) is 11.1 Å². The van der Waals surface area contributed by atoms with Gasteiger partial charge in [-0.25, -0.2) is 4.99 Å². The highest BCUT2D eigenvalue weighted by atomic mass is 127. The second kappa shape index (κ2) is 12.8. The van der Waals surface area contributed by atoms with Crippen molar-refractivity contribution in [3.8, 4) is 0 Å². The van der Waals surface area contributed by atoms with Gasteiger partial charge in [0.15, 0.2) is 5.96 Å². The molecule has 0 aromatic heterocycles. The molecule has 1 heterocycles. The van der Waals surface area contributed by atoms with Crippen LogP contribution in [0.4, 0.5) is 0 Å². The monoisotopic (exact) mass is 550 g/mol. The van der Waals surface area contributed by atoms with E-state index < -0.39 is 5.60 Å². The second-order valence-electron chi connectivity index (χ2n) is 8.20. The van der Waals surface area contributed by atoms with Crippen LogP contribution in [0, 0.1) is 0 Å². The van der Waals surface area contributed by atoms with E-state index in [1.807, 2.05) is 48.2 Å². The lowest BCUT2D eigenvalue weighted by molar-refractivity contribution is -0.132. The Labute approximate surface area is 208 Å². The zero-order chi connectivity index (χ0) is 22.1. The maximum Gasteiger partial charge on any atom is 0.222 e. The number of nitrogens with one attached hydrogen (secondary N) is 2.